The van der Waals surface area contributed by atoms with Gasteiger partial charge in [0.25, 0.3) is 0 Å². The summed E-state index contributed by atoms with van der Waals surface area (Å²) in [5.41, 5.74) is -2.53. The maximum Gasteiger partial charge on any atom is 0.181 e. The lowest BCUT2D eigenvalue weighted by atomic mass is 10.1. The normalized spacial score (nSPS) is 9.90. The summed E-state index contributed by atoms with van der Waals surface area (Å²) < 4.78 is 45.5. The zero-order valence-corrected chi connectivity index (χ0v) is 10.2. The molecule has 0 saturated carbocycles. The van der Waals surface area contributed by atoms with Crippen LogP contribution in [0.5, 0.6) is 0 Å². The van der Waals surface area contributed by atoms with E-state index in [-0.39, 0.29) is 26.4 Å². The van der Waals surface area contributed by atoms with Crippen molar-refractivity contribution in [3.63, 3.8) is 0 Å². The van der Waals surface area contributed by atoms with Crippen molar-refractivity contribution in [2.45, 2.75) is 0 Å². The van der Waals surface area contributed by atoms with Gasteiger partial charge in [-0.15, -0.1) is 0 Å². The quantitative estimate of drug-likeness (QED) is 0.607. The van der Waals surface area contributed by atoms with E-state index in [1.165, 1.54) is 12.1 Å². The van der Waals surface area contributed by atoms with E-state index < -0.39 is 34.3 Å². The molecule has 20 heavy (non-hydrogen) atoms. The number of nitrogens with one attached hydrogen (secondary N) is 1. The highest BCUT2D eigenvalue weighted by Crippen LogP contribution is 2.28. The van der Waals surface area contributed by atoms with Crippen LogP contribution in [0.2, 0.25) is 0 Å². The van der Waals surface area contributed by atoms with Gasteiger partial charge in [0, 0.05) is 6.54 Å². The summed E-state index contributed by atoms with van der Waals surface area (Å²) >= 11 is 0. The molecule has 8 heteroatoms. The summed E-state index contributed by atoms with van der Waals surface area (Å²) in [6.45, 7) is -0.0919. The molecule has 0 spiro atoms. The highest BCUT2D eigenvalue weighted by molar-refractivity contribution is 5.63. The third kappa shape index (κ3) is 3.18. The minimum Gasteiger partial charge on any atom is -0.394 e. The monoisotopic (exact) mass is 285 g/mol. The molecule has 0 aromatic heterocycles. The Balaban J connectivity index is 3.03. The number of ether oxygens (including phenoxy) is 1. The smallest absolute Gasteiger partial charge is 0.181 e. The van der Waals surface area contributed by atoms with E-state index in [9.17, 15) is 13.2 Å². The summed E-state index contributed by atoms with van der Waals surface area (Å²) in [6.07, 6.45) is 0. The zero-order chi connectivity index (χ0) is 15.1. The van der Waals surface area contributed by atoms with Crippen molar-refractivity contribution in [3.05, 3.63) is 28.6 Å². The highest BCUT2D eigenvalue weighted by atomic mass is 19.2. The maximum atomic E-state index is 13.8. The van der Waals surface area contributed by atoms with Crippen LogP contribution in [0.4, 0.5) is 18.9 Å². The van der Waals surface area contributed by atoms with Crippen molar-refractivity contribution >= 4 is 5.69 Å². The Kier molecular flexibility index (Phi) is 5.78. The Labute approximate surface area is 112 Å². The molecular formula is C12H10F3N3O2. The van der Waals surface area contributed by atoms with Gasteiger partial charge >= 0.3 is 0 Å². The number of rotatable bonds is 6. The fourth-order valence-electron chi connectivity index (χ4n) is 1.44. The molecule has 0 aliphatic rings. The Morgan fingerprint density at radius 1 is 1.00 bits per heavy atom. The molecule has 0 unspecified atom stereocenters. The van der Waals surface area contributed by atoms with Crippen molar-refractivity contribution in [1.29, 1.82) is 10.5 Å². The summed E-state index contributed by atoms with van der Waals surface area (Å²) in [5.74, 6) is -4.60. The largest absolute Gasteiger partial charge is 0.394 e. The third-order valence-electron chi connectivity index (χ3n) is 2.33. The summed E-state index contributed by atoms with van der Waals surface area (Å²) in [6, 6.07) is 2.54. The van der Waals surface area contributed by atoms with E-state index in [0.29, 0.717) is 0 Å². The SMILES string of the molecule is N#Cc1c(F)c(F)c(C#N)c(NCCOCCO)c1F. The van der Waals surface area contributed by atoms with E-state index in [0.717, 1.165) is 0 Å². The molecular weight excluding hydrogens is 275 g/mol. The van der Waals surface area contributed by atoms with E-state index in [1.54, 1.807) is 0 Å². The molecule has 1 rings (SSSR count). The molecule has 1 aromatic carbocycles. The van der Waals surface area contributed by atoms with Crippen LogP contribution in [0.25, 0.3) is 0 Å². The van der Waals surface area contributed by atoms with Gasteiger partial charge in [-0.3, -0.25) is 0 Å². The Morgan fingerprint density at radius 3 is 2.15 bits per heavy atom. The number of aliphatic hydroxyl groups is 1. The molecule has 0 saturated heterocycles. The van der Waals surface area contributed by atoms with Crippen molar-refractivity contribution in [1.82, 2.24) is 0 Å². The number of hydrogen-bond acceptors (Lipinski definition) is 5. The van der Waals surface area contributed by atoms with Crippen molar-refractivity contribution in [2.24, 2.45) is 0 Å². The summed E-state index contributed by atoms with van der Waals surface area (Å²) in [7, 11) is 0. The highest BCUT2D eigenvalue weighted by Gasteiger charge is 2.24. The molecule has 0 aliphatic heterocycles. The Hall–Kier alpha value is -2.29. The maximum absolute atomic E-state index is 13.8. The second-order valence-corrected chi connectivity index (χ2v) is 3.55. The second kappa shape index (κ2) is 7.34. The fraction of sp³-hybridized carbons (Fsp3) is 0.333. The van der Waals surface area contributed by atoms with Crippen LogP contribution in [0.15, 0.2) is 0 Å². The van der Waals surface area contributed by atoms with E-state index >= 15 is 0 Å². The number of nitrogens with zero attached hydrogens (tertiary/aromatic N) is 2. The minimum atomic E-state index is -1.69. The molecule has 0 amide bonds. The Morgan fingerprint density at radius 2 is 1.60 bits per heavy atom. The molecule has 0 bridgehead atoms. The summed E-state index contributed by atoms with van der Waals surface area (Å²) in [5, 5.41) is 28.2. The third-order valence-corrected chi connectivity index (χ3v) is 2.33. The average molecular weight is 285 g/mol. The lowest BCUT2D eigenvalue weighted by Crippen LogP contribution is -2.15. The van der Waals surface area contributed by atoms with Gasteiger partial charge in [0.05, 0.1) is 25.5 Å². The van der Waals surface area contributed by atoms with Gasteiger partial charge in [-0.2, -0.15) is 10.5 Å². The molecule has 5 nitrogen and oxygen atoms in total. The second-order valence-electron chi connectivity index (χ2n) is 3.55. The number of halogens is 3. The Bertz CT molecular complexity index is 579. The van der Waals surface area contributed by atoms with Gasteiger partial charge in [-0.1, -0.05) is 0 Å². The molecule has 2 N–H and O–H groups in total. The number of nitriles is 2. The lowest BCUT2D eigenvalue weighted by molar-refractivity contribution is 0.0992. The van der Waals surface area contributed by atoms with Crippen LogP contribution in [-0.2, 0) is 4.74 Å². The molecule has 0 radical (unpaired) electrons. The predicted molar refractivity (Wildman–Crippen MR) is 62.1 cm³/mol. The average Bonchev–Trinajstić information content (AvgIpc) is 2.44. The number of anilines is 1. The summed E-state index contributed by atoms with van der Waals surface area (Å²) in [4.78, 5) is 0. The molecule has 106 valence electrons. The molecule has 0 atom stereocenters. The van der Waals surface area contributed by atoms with Gasteiger partial charge in [0.15, 0.2) is 17.5 Å². The van der Waals surface area contributed by atoms with Crippen LogP contribution < -0.4 is 5.32 Å². The van der Waals surface area contributed by atoms with E-state index in [4.69, 9.17) is 20.4 Å². The lowest BCUT2D eigenvalue weighted by Gasteiger charge is -2.12. The van der Waals surface area contributed by atoms with Crippen LogP contribution in [-0.4, -0.2) is 31.5 Å². The molecule has 0 aliphatic carbocycles. The van der Waals surface area contributed by atoms with Crippen molar-refractivity contribution in [2.75, 3.05) is 31.7 Å². The van der Waals surface area contributed by atoms with Crippen molar-refractivity contribution < 1.29 is 23.0 Å². The van der Waals surface area contributed by atoms with E-state index in [1.807, 2.05) is 0 Å². The first-order valence-electron chi connectivity index (χ1n) is 5.51. The van der Waals surface area contributed by atoms with Crippen molar-refractivity contribution in [3.8, 4) is 12.1 Å². The first kappa shape index (κ1) is 15.8. The number of benzene rings is 1. The minimum absolute atomic E-state index is 0.0124. The van der Waals surface area contributed by atoms with Gasteiger partial charge in [0.1, 0.15) is 23.3 Å². The van der Waals surface area contributed by atoms with Crippen LogP contribution in [0, 0.1) is 40.1 Å². The van der Waals surface area contributed by atoms with Gasteiger partial charge in [-0.05, 0) is 0 Å². The van der Waals surface area contributed by atoms with Gasteiger partial charge in [-0.25, -0.2) is 13.2 Å². The van der Waals surface area contributed by atoms with E-state index in [2.05, 4.69) is 5.32 Å². The number of aliphatic hydroxyl groups excluding tert-OH is 1. The van der Waals surface area contributed by atoms with Gasteiger partial charge in [0.2, 0.25) is 0 Å². The topological polar surface area (TPSA) is 89.1 Å². The van der Waals surface area contributed by atoms with Crippen LogP contribution in [0.3, 0.4) is 0 Å². The predicted octanol–water partition coefficient (Wildman–Crippen LogP) is 1.27. The van der Waals surface area contributed by atoms with Crippen LogP contribution in [0.1, 0.15) is 11.1 Å². The first-order valence-corrected chi connectivity index (χ1v) is 5.51. The van der Waals surface area contributed by atoms with Crippen LogP contribution >= 0.6 is 0 Å². The van der Waals surface area contributed by atoms with Gasteiger partial charge < -0.3 is 15.2 Å². The molecule has 0 heterocycles. The first-order chi connectivity index (χ1) is 9.58. The standard InChI is InChI=1S/C12H10F3N3O2/c13-9-7(5-16)11(15)12(8(6-17)10(9)14)18-1-3-20-4-2-19/h18-19H,1-4H2. The molecule has 1 aromatic rings. The number of hydrogen-bond donors (Lipinski definition) is 2. The molecule has 0 fully saturated rings. The zero-order valence-electron chi connectivity index (χ0n) is 10.2. The fourth-order valence-corrected chi connectivity index (χ4v) is 1.44.